The summed E-state index contributed by atoms with van der Waals surface area (Å²) in [6.07, 6.45) is 0.513. The number of nitrogens with one attached hydrogen (secondary N) is 1. The van der Waals surface area contributed by atoms with E-state index in [0.29, 0.717) is 34.4 Å². The zero-order valence-corrected chi connectivity index (χ0v) is 16.0. The first-order valence-electron chi connectivity index (χ1n) is 8.64. The lowest BCUT2D eigenvalue weighted by molar-refractivity contribution is 0.0473. The Hall–Kier alpha value is -2.80. The molecule has 0 fully saturated rings. The van der Waals surface area contributed by atoms with Gasteiger partial charge < -0.3 is 9.15 Å². The van der Waals surface area contributed by atoms with Gasteiger partial charge in [0.2, 0.25) is 10.0 Å². The van der Waals surface area contributed by atoms with E-state index in [1.807, 2.05) is 30.3 Å². The lowest BCUT2D eigenvalue weighted by Crippen LogP contribution is -2.16. The number of aryl methyl sites for hydroxylation is 1. The van der Waals surface area contributed by atoms with E-state index in [9.17, 15) is 13.2 Å². The molecule has 1 aromatic heterocycles. The van der Waals surface area contributed by atoms with Crippen LogP contribution >= 0.6 is 0 Å². The minimum absolute atomic E-state index is 0.0292. The van der Waals surface area contributed by atoms with E-state index in [1.54, 1.807) is 32.0 Å². The van der Waals surface area contributed by atoms with E-state index in [2.05, 4.69) is 4.72 Å². The van der Waals surface area contributed by atoms with Crippen LogP contribution in [0.4, 0.5) is 5.69 Å². The molecule has 0 amide bonds. The Morgan fingerprint density at radius 1 is 1.15 bits per heavy atom. The van der Waals surface area contributed by atoms with Crippen molar-refractivity contribution < 1.29 is 22.4 Å². The lowest BCUT2D eigenvalue weighted by atomic mass is 10.1. The van der Waals surface area contributed by atoms with Crippen molar-refractivity contribution in [2.75, 3.05) is 10.5 Å². The molecule has 2 aromatic carbocycles. The highest BCUT2D eigenvalue weighted by Crippen LogP contribution is 2.29. The van der Waals surface area contributed by atoms with Crippen molar-refractivity contribution in [1.29, 1.82) is 0 Å². The van der Waals surface area contributed by atoms with Gasteiger partial charge in [-0.15, -0.1) is 0 Å². The maximum Gasteiger partial charge on any atom is 0.342 e. The van der Waals surface area contributed by atoms with Crippen LogP contribution in [0.2, 0.25) is 0 Å². The van der Waals surface area contributed by atoms with Crippen LogP contribution in [0.15, 0.2) is 52.9 Å². The van der Waals surface area contributed by atoms with E-state index >= 15 is 0 Å². The van der Waals surface area contributed by atoms with Crippen LogP contribution in [0.3, 0.4) is 0 Å². The molecule has 0 saturated heterocycles. The summed E-state index contributed by atoms with van der Waals surface area (Å²) >= 11 is 0. The van der Waals surface area contributed by atoms with Crippen molar-refractivity contribution in [3.05, 3.63) is 65.4 Å². The van der Waals surface area contributed by atoms with E-state index in [4.69, 9.17) is 9.15 Å². The molecule has 1 N–H and O–H groups in total. The fourth-order valence-electron chi connectivity index (χ4n) is 2.83. The zero-order valence-electron chi connectivity index (χ0n) is 15.2. The second-order valence-corrected chi connectivity index (χ2v) is 8.07. The third kappa shape index (κ3) is 4.49. The Labute approximate surface area is 158 Å². The minimum Gasteiger partial charge on any atom is -0.460 e. The summed E-state index contributed by atoms with van der Waals surface area (Å²) in [6, 6.07) is 14.2. The molecule has 3 rings (SSSR count). The van der Waals surface area contributed by atoms with Crippen LogP contribution in [0.5, 0.6) is 0 Å². The van der Waals surface area contributed by atoms with E-state index in [-0.39, 0.29) is 12.4 Å². The van der Waals surface area contributed by atoms with Crippen molar-refractivity contribution in [3.8, 4) is 0 Å². The third-order valence-electron chi connectivity index (χ3n) is 4.03. The van der Waals surface area contributed by atoms with Gasteiger partial charge in [0.25, 0.3) is 0 Å². The maximum absolute atomic E-state index is 12.6. The van der Waals surface area contributed by atoms with Gasteiger partial charge in [-0.3, -0.25) is 4.72 Å². The molecule has 27 heavy (non-hydrogen) atoms. The Balaban J connectivity index is 1.87. The van der Waals surface area contributed by atoms with Crippen LogP contribution in [0.1, 0.15) is 35.0 Å². The highest BCUT2D eigenvalue weighted by molar-refractivity contribution is 7.92. The molecule has 0 unspecified atom stereocenters. The molecule has 0 saturated carbocycles. The Morgan fingerprint density at radius 3 is 2.59 bits per heavy atom. The van der Waals surface area contributed by atoms with Gasteiger partial charge in [-0.1, -0.05) is 37.3 Å². The van der Waals surface area contributed by atoms with Gasteiger partial charge in [0.05, 0.1) is 5.75 Å². The van der Waals surface area contributed by atoms with Crippen LogP contribution < -0.4 is 4.72 Å². The SMILES string of the molecule is CCCS(=O)(=O)Nc1ccc2oc(C)c(C(=O)OCc3ccccc3)c2c1. The first-order valence-corrected chi connectivity index (χ1v) is 10.3. The van der Waals surface area contributed by atoms with Crippen LogP contribution in [0, 0.1) is 6.92 Å². The molecule has 6 nitrogen and oxygen atoms in total. The number of esters is 1. The van der Waals surface area contributed by atoms with Gasteiger partial charge in [-0.05, 0) is 37.1 Å². The smallest absolute Gasteiger partial charge is 0.342 e. The predicted molar refractivity (Wildman–Crippen MR) is 104 cm³/mol. The summed E-state index contributed by atoms with van der Waals surface area (Å²) < 4.78 is 37.5. The van der Waals surface area contributed by atoms with Gasteiger partial charge in [-0.2, -0.15) is 0 Å². The van der Waals surface area contributed by atoms with Crippen LogP contribution in [-0.4, -0.2) is 20.1 Å². The van der Waals surface area contributed by atoms with Crippen molar-refractivity contribution >= 4 is 32.6 Å². The summed E-state index contributed by atoms with van der Waals surface area (Å²) in [6.45, 7) is 3.62. The molecular weight excluding hydrogens is 366 g/mol. The Morgan fingerprint density at radius 2 is 1.89 bits per heavy atom. The molecule has 0 atom stereocenters. The normalized spacial score (nSPS) is 11.5. The largest absolute Gasteiger partial charge is 0.460 e. The van der Waals surface area contributed by atoms with E-state index in [0.717, 1.165) is 5.56 Å². The van der Waals surface area contributed by atoms with Crippen molar-refractivity contribution in [2.45, 2.75) is 26.9 Å². The number of hydrogen-bond donors (Lipinski definition) is 1. The number of carbonyl (C=O) groups excluding carboxylic acids is 1. The summed E-state index contributed by atoms with van der Waals surface area (Å²) in [5.41, 5.74) is 2.06. The number of fused-ring (bicyclic) bond motifs is 1. The third-order valence-corrected chi connectivity index (χ3v) is 5.52. The topological polar surface area (TPSA) is 85.6 Å². The summed E-state index contributed by atoms with van der Waals surface area (Å²) in [4.78, 5) is 12.6. The number of anilines is 1. The number of rotatable bonds is 7. The molecule has 0 aliphatic carbocycles. The summed E-state index contributed by atoms with van der Waals surface area (Å²) in [5.74, 6) is -0.0539. The van der Waals surface area contributed by atoms with E-state index < -0.39 is 16.0 Å². The van der Waals surface area contributed by atoms with Crippen molar-refractivity contribution in [2.24, 2.45) is 0 Å². The molecule has 3 aromatic rings. The second-order valence-electron chi connectivity index (χ2n) is 6.23. The first-order chi connectivity index (χ1) is 12.9. The monoisotopic (exact) mass is 387 g/mol. The number of carbonyl (C=O) groups is 1. The number of sulfonamides is 1. The Bertz CT molecular complexity index is 1050. The highest BCUT2D eigenvalue weighted by Gasteiger charge is 2.21. The van der Waals surface area contributed by atoms with Crippen LogP contribution in [0.25, 0.3) is 11.0 Å². The molecule has 0 spiro atoms. The van der Waals surface area contributed by atoms with Crippen LogP contribution in [-0.2, 0) is 21.4 Å². The van der Waals surface area contributed by atoms with Gasteiger partial charge in [0.1, 0.15) is 23.5 Å². The molecule has 1 heterocycles. The number of ether oxygens (including phenoxy) is 1. The first kappa shape index (κ1) is 19.0. The van der Waals surface area contributed by atoms with Crippen molar-refractivity contribution in [1.82, 2.24) is 0 Å². The van der Waals surface area contributed by atoms with Gasteiger partial charge >= 0.3 is 5.97 Å². The lowest BCUT2D eigenvalue weighted by Gasteiger charge is -2.07. The molecule has 0 aliphatic heterocycles. The number of hydrogen-bond acceptors (Lipinski definition) is 5. The minimum atomic E-state index is -3.42. The van der Waals surface area contributed by atoms with Gasteiger partial charge in [0, 0.05) is 11.1 Å². The molecular formula is C20H21NO5S. The summed E-state index contributed by atoms with van der Waals surface area (Å²) in [7, 11) is -3.42. The zero-order chi connectivity index (χ0) is 19.4. The second kappa shape index (κ2) is 7.84. The number of furan rings is 1. The van der Waals surface area contributed by atoms with Gasteiger partial charge in [-0.25, -0.2) is 13.2 Å². The predicted octanol–water partition coefficient (Wildman–Crippen LogP) is 4.25. The summed E-state index contributed by atoms with van der Waals surface area (Å²) in [5, 5.41) is 0.516. The molecule has 0 bridgehead atoms. The molecule has 0 aliphatic rings. The molecule has 0 radical (unpaired) electrons. The fraction of sp³-hybridized carbons (Fsp3) is 0.250. The molecule has 142 valence electrons. The highest BCUT2D eigenvalue weighted by atomic mass is 32.2. The molecule has 7 heteroatoms. The standard InChI is InChI=1S/C20H21NO5S/c1-3-11-27(23,24)21-16-9-10-18-17(12-16)19(14(2)26-18)20(22)25-13-15-7-5-4-6-8-15/h4-10,12,21H,3,11,13H2,1-2H3. The average molecular weight is 387 g/mol. The fourth-order valence-corrected chi connectivity index (χ4v) is 3.96. The Kier molecular flexibility index (Phi) is 5.51. The van der Waals surface area contributed by atoms with E-state index in [1.165, 1.54) is 0 Å². The number of benzene rings is 2. The quantitative estimate of drug-likeness (QED) is 0.613. The van der Waals surface area contributed by atoms with Gasteiger partial charge in [0.15, 0.2) is 0 Å². The maximum atomic E-state index is 12.6. The van der Waals surface area contributed by atoms with Crippen molar-refractivity contribution in [3.63, 3.8) is 0 Å². The average Bonchev–Trinajstić information content (AvgIpc) is 2.95.